The van der Waals surface area contributed by atoms with Crippen molar-refractivity contribution in [2.75, 3.05) is 5.32 Å². The van der Waals surface area contributed by atoms with Crippen molar-refractivity contribution in [2.24, 2.45) is 0 Å². The van der Waals surface area contributed by atoms with E-state index in [0.717, 1.165) is 0 Å². The van der Waals surface area contributed by atoms with E-state index < -0.39 is 0 Å². The van der Waals surface area contributed by atoms with Gasteiger partial charge in [0.1, 0.15) is 5.82 Å². The summed E-state index contributed by atoms with van der Waals surface area (Å²) in [5.74, 6) is 0.988. The van der Waals surface area contributed by atoms with Crippen LogP contribution in [0.3, 0.4) is 0 Å². The molecule has 0 saturated carbocycles. The molecule has 0 saturated heterocycles. The minimum absolute atomic E-state index is 0.305. The number of hydrogen-bond donors (Lipinski definition) is 1. The van der Waals surface area contributed by atoms with Gasteiger partial charge in [-0.3, -0.25) is 0 Å². The lowest BCUT2D eigenvalue weighted by atomic mass is 10.2. The average molecular weight is 271 g/mol. The lowest BCUT2D eigenvalue weighted by molar-refractivity contribution is 0.384. The highest BCUT2D eigenvalue weighted by Crippen LogP contribution is 2.16. The molecule has 0 amide bonds. The van der Waals surface area contributed by atoms with E-state index in [1.54, 1.807) is 30.6 Å². The highest BCUT2D eigenvalue weighted by atomic mass is 19.1. The topological polar surface area (TPSA) is 76.7 Å². The van der Waals surface area contributed by atoms with E-state index >= 15 is 0 Å². The Morgan fingerprint density at radius 1 is 1.10 bits per heavy atom. The van der Waals surface area contributed by atoms with Crippen molar-refractivity contribution in [1.29, 1.82) is 0 Å². The minimum atomic E-state index is -0.305. The third-order valence-electron chi connectivity index (χ3n) is 2.53. The molecule has 6 nitrogen and oxygen atoms in total. The Bertz CT molecular complexity index is 683. The monoisotopic (exact) mass is 271 g/mol. The summed E-state index contributed by atoms with van der Waals surface area (Å²) in [6.45, 7) is 0.318. The largest absolute Gasteiger partial charge is 0.345 e. The minimum Gasteiger partial charge on any atom is -0.345 e. The van der Waals surface area contributed by atoms with E-state index in [4.69, 9.17) is 4.52 Å². The van der Waals surface area contributed by atoms with Gasteiger partial charge in [0.05, 0.1) is 6.54 Å². The first-order valence-electron chi connectivity index (χ1n) is 5.91. The fraction of sp³-hybridized carbons (Fsp3) is 0.0769. The molecule has 0 radical (unpaired) electrons. The molecule has 3 aromatic rings. The van der Waals surface area contributed by atoms with Crippen molar-refractivity contribution in [2.45, 2.75) is 6.54 Å². The van der Waals surface area contributed by atoms with Gasteiger partial charge in [-0.1, -0.05) is 5.16 Å². The van der Waals surface area contributed by atoms with Crippen LogP contribution < -0.4 is 5.32 Å². The number of hydrogen-bond acceptors (Lipinski definition) is 6. The Labute approximate surface area is 113 Å². The normalized spacial score (nSPS) is 10.4. The molecule has 2 heterocycles. The SMILES string of the molecule is Fc1ccc(-c2noc(CNc3ncccn3)n2)cc1. The second-order valence-corrected chi connectivity index (χ2v) is 3.94. The van der Waals surface area contributed by atoms with Crippen LogP contribution >= 0.6 is 0 Å². The lowest BCUT2D eigenvalue weighted by Crippen LogP contribution is -2.02. The lowest BCUT2D eigenvalue weighted by Gasteiger charge is -1.98. The molecule has 1 aromatic carbocycles. The number of nitrogens with zero attached hydrogens (tertiary/aromatic N) is 4. The zero-order chi connectivity index (χ0) is 13.8. The van der Waals surface area contributed by atoms with Gasteiger partial charge in [-0.15, -0.1) is 0 Å². The zero-order valence-electron chi connectivity index (χ0n) is 10.3. The molecule has 0 fully saturated rings. The van der Waals surface area contributed by atoms with Gasteiger partial charge in [-0.2, -0.15) is 4.98 Å². The summed E-state index contributed by atoms with van der Waals surface area (Å²) in [5, 5.41) is 6.80. The predicted octanol–water partition coefficient (Wildman–Crippen LogP) is 2.28. The van der Waals surface area contributed by atoms with Crippen LogP contribution in [0.15, 0.2) is 47.2 Å². The smallest absolute Gasteiger partial charge is 0.246 e. The van der Waals surface area contributed by atoms with Gasteiger partial charge in [0.25, 0.3) is 0 Å². The summed E-state index contributed by atoms with van der Waals surface area (Å²) in [4.78, 5) is 12.2. The maximum Gasteiger partial charge on any atom is 0.246 e. The summed E-state index contributed by atoms with van der Waals surface area (Å²) in [5.41, 5.74) is 0.692. The molecule has 7 heteroatoms. The van der Waals surface area contributed by atoms with Gasteiger partial charge in [-0.05, 0) is 30.3 Å². The van der Waals surface area contributed by atoms with Crippen molar-refractivity contribution in [3.63, 3.8) is 0 Å². The molecular weight excluding hydrogens is 261 g/mol. The molecule has 3 rings (SSSR count). The summed E-state index contributed by atoms with van der Waals surface area (Å²) >= 11 is 0. The van der Waals surface area contributed by atoms with Crippen LogP contribution in [0.4, 0.5) is 10.3 Å². The maximum atomic E-state index is 12.8. The van der Waals surface area contributed by atoms with E-state index in [2.05, 4.69) is 25.4 Å². The molecule has 0 unspecified atom stereocenters. The van der Waals surface area contributed by atoms with Crippen molar-refractivity contribution >= 4 is 5.95 Å². The van der Waals surface area contributed by atoms with Crippen LogP contribution in [0.2, 0.25) is 0 Å². The molecule has 100 valence electrons. The number of aromatic nitrogens is 4. The van der Waals surface area contributed by atoms with E-state index in [9.17, 15) is 4.39 Å². The first-order valence-corrected chi connectivity index (χ1v) is 5.91. The predicted molar refractivity (Wildman–Crippen MR) is 69.1 cm³/mol. The van der Waals surface area contributed by atoms with Crippen LogP contribution in [0.5, 0.6) is 0 Å². The molecule has 0 spiro atoms. The van der Waals surface area contributed by atoms with Gasteiger partial charge in [-0.25, -0.2) is 14.4 Å². The number of nitrogens with one attached hydrogen (secondary N) is 1. The van der Waals surface area contributed by atoms with E-state index in [1.165, 1.54) is 12.1 Å². The second-order valence-electron chi connectivity index (χ2n) is 3.94. The fourth-order valence-electron chi connectivity index (χ4n) is 1.59. The molecule has 0 aliphatic rings. The van der Waals surface area contributed by atoms with Crippen LogP contribution in [0.25, 0.3) is 11.4 Å². The van der Waals surface area contributed by atoms with E-state index in [0.29, 0.717) is 29.8 Å². The molecule has 1 N–H and O–H groups in total. The Hall–Kier alpha value is -2.83. The van der Waals surface area contributed by atoms with Gasteiger partial charge in [0.15, 0.2) is 0 Å². The van der Waals surface area contributed by atoms with Crippen LogP contribution in [-0.2, 0) is 6.54 Å². The van der Waals surface area contributed by atoms with Gasteiger partial charge in [0.2, 0.25) is 17.7 Å². The van der Waals surface area contributed by atoms with E-state index in [1.807, 2.05) is 0 Å². The van der Waals surface area contributed by atoms with Gasteiger partial charge < -0.3 is 9.84 Å². The zero-order valence-corrected chi connectivity index (χ0v) is 10.3. The number of benzene rings is 1. The van der Waals surface area contributed by atoms with Crippen LogP contribution in [0, 0.1) is 5.82 Å². The second kappa shape index (κ2) is 5.43. The Kier molecular flexibility index (Phi) is 3.32. The molecule has 0 aliphatic carbocycles. The summed E-state index contributed by atoms with van der Waals surface area (Å²) in [6.07, 6.45) is 3.26. The Morgan fingerprint density at radius 3 is 2.60 bits per heavy atom. The number of halogens is 1. The fourth-order valence-corrected chi connectivity index (χ4v) is 1.59. The standard InChI is InChI=1S/C13H10FN5O/c14-10-4-2-9(3-5-10)12-18-11(20-19-12)8-17-13-15-6-1-7-16-13/h1-7H,8H2,(H,15,16,17). The molecule has 2 aromatic heterocycles. The van der Waals surface area contributed by atoms with Crippen LogP contribution in [0.1, 0.15) is 5.89 Å². The van der Waals surface area contributed by atoms with Crippen molar-refractivity contribution in [3.8, 4) is 11.4 Å². The number of anilines is 1. The van der Waals surface area contributed by atoms with Crippen LogP contribution in [-0.4, -0.2) is 20.1 Å². The molecule has 20 heavy (non-hydrogen) atoms. The highest BCUT2D eigenvalue weighted by Gasteiger charge is 2.08. The molecule has 0 aliphatic heterocycles. The summed E-state index contributed by atoms with van der Waals surface area (Å²) < 4.78 is 17.9. The van der Waals surface area contributed by atoms with E-state index in [-0.39, 0.29) is 5.82 Å². The van der Waals surface area contributed by atoms with Crippen molar-refractivity contribution in [1.82, 2.24) is 20.1 Å². The summed E-state index contributed by atoms with van der Waals surface area (Å²) in [7, 11) is 0. The van der Waals surface area contributed by atoms with Gasteiger partial charge in [0, 0.05) is 18.0 Å². The molecular formula is C13H10FN5O. The Balaban J connectivity index is 1.69. The first-order chi connectivity index (χ1) is 9.81. The van der Waals surface area contributed by atoms with Crippen molar-refractivity contribution < 1.29 is 8.91 Å². The summed E-state index contributed by atoms with van der Waals surface area (Å²) in [6, 6.07) is 7.61. The van der Waals surface area contributed by atoms with Crippen molar-refractivity contribution in [3.05, 3.63) is 54.4 Å². The molecule has 0 bridgehead atoms. The Morgan fingerprint density at radius 2 is 1.85 bits per heavy atom. The maximum absolute atomic E-state index is 12.8. The number of rotatable bonds is 4. The average Bonchev–Trinajstić information content (AvgIpc) is 2.96. The van der Waals surface area contributed by atoms with Gasteiger partial charge >= 0.3 is 0 Å². The third kappa shape index (κ3) is 2.77. The molecule has 0 atom stereocenters. The highest BCUT2D eigenvalue weighted by molar-refractivity contribution is 5.53. The first kappa shape index (κ1) is 12.2. The third-order valence-corrected chi connectivity index (χ3v) is 2.53. The quantitative estimate of drug-likeness (QED) is 0.784.